The lowest BCUT2D eigenvalue weighted by molar-refractivity contribution is 0.135. The van der Waals surface area contributed by atoms with Crippen LogP contribution in [0.3, 0.4) is 0 Å². The lowest BCUT2D eigenvalue weighted by atomic mass is 10.1. The highest BCUT2D eigenvalue weighted by Gasteiger charge is 2.28. The lowest BCUT2D eigenvalue weighted by Gasteiger charge is -2.18. The number of halogens is 1. The Morgan fingerprint density at radius 3 is 2.84 bits per heavy atom. The van der Waals surface area contributed by atoms with Gasteiger partial charge in [-0.05, 0) is 47.5 Å². The molecule has 2 aromatic rings. The summed E-state index contributed by atoms with van der Waals surface area (Å²) in [7, 11) is 1.59. The Morgan fingerprint density at radius 2 is 2.21 bits per heavy atom. The largest absolute Gasteiger partial charge is 0.382 e. The van der Waals surface area contributed by atoms with Crippen LogP contribution in [0.2, 0.25) is 0 Å². The molecular weight excluding hydrogens is 310 g/mol. The quantitative estimate of drug-likeness (QED) is 0.935. The fourth-order valence-electron chi connectivity index (χ4n) is 1.72. The summed E-state index contributed by atoms with van der Waals surface area (Å²) in [6, 6.07) is 5.91. The SMILES string of the molecule is COCC(C)(N)c1noc(-c2ccc(C)cc2Br)n1. The second-order valence-electron chi connectivity index (χ2n) is 4.76. The highest BCUT2D eigenvalue weighted by Crippen LogP contribution is 2.29. The minimum Gasteiger partial charge on any atom is -0.382 e. The van der Waals surface area contributed by atoms with Gasteiger partial charge in [0.05, 0.1) is 12.2 Å². The molecule has 5 nitrogen and oxygen atoms in total. The molecule has 0 saturated carbocycles. The first kappa shape index (κ1) is 14.2. The van der Waals surface area contributed by atoms with Crippen molar-refractivity contribution in [2.24, 2.45) is 5.73 Å². The Balaban J connectivity index is 2.35. The highest BCUT2D eigenvalue weighted by molar-refractivity contribution is 9.10. The van der Waals surface area contributed by atoms with Crippen LogP contribution in [0.5, 0.6) is 0 Å². The molecule has 2 N–H and O–H groups in total. The van der Waals surface area contributed by atoms with Crippen molar-refractivity contribution in [1.82, 2.24) is 10.1 Å². The van der Waals surface area contributed by atoms with Gasteiger partial charge >= 0.3 is 0 Å². The van der Waals surface area contributed by atoms with Crippen molar-refractivity contribution in [2.45, 2.75) is 19.4 Å². The molecule has 0 saturated heterocycles. The van der Waals surface area contributed by atoms with Crippen LogP contribution in [-0.2, 0) is 10.3 Å². The average Bonchev–Trinajstić information content (AvgIpc) is 2.78. The predicted octanol–water partition coefficient (Wildman–Crippen LogP) is 2.63. The van der Waals surface area contributed by atoms with E-state index in [0.29, 0.717) is 18.3 Å². The Bertz CT molecular complexity index is 581. The molecule has 6 heteroatoms. The predicted molar refractivity (Wildman–Crippen MR) is 75.6 cm³/mol. The van der Waals surface area contributed by atoms with E-state index in [0.717, 1.165) is 15.6 Å². The minimum atomic E-state index is -0.770. The molecule has 0 fully saturated rings. The van der Waals surface area contributed by atoms with E-state index in [1.54, 1.807) is 14.0 Å². The van der Waals surface area contributed by atoms with Gasteiger partial charge in [-0.3, -0.25) is 0 Å². The molecule has 0 aliphatic heterocycles. The van der Waals surface area contributed by atoms with E-state index in [-0.39, 0.29) is 0 Å². The molecule has 1 unspecified atom stereocenters. The maximum atomic E-state index is 6.08. The van der Waals surface area contributed by atoms with Gasteiger partial charge < -0.3 is 15.0 Å². The van der Waals surface area contributed by atoms with Crippen molar-refractivity contribution in [1.29, 1.82) is 0 Å². The Hall–Kier alpha value is -1.24. The normalized spacial score (nSPS) is 14.4. The van der Waals surface area contributed by atoms with Gasteiger partial charge in [-0.25, -0.2) is 0 Å². The third-order valence-corrected chi connectivity index (χ3v) is 3.39. The first-order valence-corrected chi connectivity index (χ1v) is 6.62. The number of hydrogen-bond acceptors (Lipinski definition) is 5. The molecule has 102 valence electrons. The summed E-state index contributed by atoms with van der Waals surface area (Å²) in [5.74, 6) is 0.867. The monoisotopic (exact) mass is 325 g/mol. The zero-order valence-corrected chi connectivity index (χ0v) is 12.7. The summed E-state index contributed by atoms with van der Waals surface area (Å²) < 4.78 is 11.2. The van der Waals surface area contributed by atoms with Gasteiger partial charge in [0, 0.05) is 11.6 Å². The van der Waals surface area contributed by atoms with Crippen molar-refractivity contribution in [2.75, 3.05) is 13.7 Å². The van der Waals surface area contributed by atoms with E-state index in [4.69, 9.17) is 15.0 Å². The van der Waals surface area contributed by atoms with Crippen LogP contribution in [0.15, 0.2) is 27.2 Å². The third-order valence-electron chi connectivity index (χ3n) is 2.74. The van der Waals surface area contributed by atoms with Crippen LogP contribution in [0.1, 0.15) is 18.3 Å². The smallest absolute Gasteiger partial charge is 0.259 e. The van der Waals surface area contributed by atoms with E-state index in [9.17, 15) is 0 Å². The van der Waals surface area contributed by atoms with Crippen LogP contribution in [0, 0.1) is 6.92 Å². The number of methoxy groups -OCH3 is 1. The van der Waals surface area contributed by atoms with Gasteiger partial charge in [0.2, 0.25) is 0 Å². The van der Waals surface area contributed by atoms with E-state index in [1.807, 2.05) is 25.1 Å². The van der Waals surface area contributed by atoms with Crippen LogP contribution >= 0.6 is 15.9 Å². The second-order valence-corrected chi connectivity index (χ2v) is 5.61. The van der Waals surface area contributed by atoms with Gasteiger partial charge in [0.15, 0.2) is 5.82 Å². The Kier molecular flexibility index (Phi) is 4.03. The van der Waals surface area contributed by atoms with E-state index in [2.05, 4.69) is 26.1 Å². The van der Waals surface area contributed by atoms with Crippen LogP contribution in [-0.4, -0.2) is 23.9 Å². The standard InChI is InChI=1S/C13H16BrN3O2/c1-8-4-5-9(10(14)6-8)11-16-12(17-19-11)13(2,15)7-18-3/h4-6H,7,15H2,1-3H3. The first-order chi connectivity index (χ1) is 8.94. The van der Waals surface area contributed by atoms with E-state index >= 15 is 0 Å². The first-order valence-electron chi connectivity index (χ1n) is 5.82. The second kappa shape index (κ2) is 5.40. The maximum absolute atomic E-state index is 6.08. The molecule has 1 aromatic heterocycles. The Morgan fingerprint density at radius 1 is 1.47 bits per heavy atom. The number of nitrogens with two attached hydrogens (primary N) is 1. The van der Waals surface area contributed by atoms with Crippen LogP contribution in [0.4, 0.5) is 0 Å². The topological polar surface area (TPSA) is 74.2 Å². The number of nitrogens with zero attached hydrogens (tertiary/aromatic N) is 2. The molecular formula is C13H16BrN3O2. The molecule has 1 atom stereocenters. The number of benzene rings is 1. The van der Waals surface area contributed by atoms with Crippen molar-refractivity contribution in [3.05, 3.63) is 34.1 Å². The van der Waals surface area contributed by atoms with Crippen molar-refractivity contribution < 1.29 is 9.26 Å². The van der Waals surface area contributed by atoms with Crippen molar-refractivity contribution in [3.8, 4) is 11.5 Å². The summed E-state index contributed by atoms with van der Waals surface area (Å²) in [6.07, 6.45) is 0. The summed E-state index contributed by atoms with van der Waals surface area (Å²) in [5, 5.41) is 3.93. The molecule has 0 aliphatic carbocycles. The minimum absolute atomic E-state index is 0.320. The highest BCUT2D eigenvalue weighted by atomic mass is 79.9. The molecule has 0 spiro atoms. The van der Waals surface area contributed by atoms with Gasteiger partial charge in [-0.2, -0.15) is 4.98 Å². The summed E-state index contributed by atoms with van der Waals surface area (Å²) >= 11 is 3.49. The lowest BCUT2D eigenvalue weighted by Crippen LogP contribution is -2.38. The van der Waals surface area contributed by atoms with Crippen molar-refractivity contribution >= 4 is 15.9 Å². The van der Waals surface area contributed by atoms with Gasteiger partial charge in [-0.15, -0.1) is 0 Å². The molecule has 0 amide bonds. The van der Waals surface area contributed by atoms with E-state index < -0.39 is 5.54 Å². The van der Waals surface area contributed by atoms with Gasteiger partial charge in [0.1, 0.15) is 5.54 Å². The molecule has 1 aromatic carbocycles. The number of aryl methyl sites for hydroxylation is 1. The van der Waals surface area contributed by atoms with E-state index in [1.165, 1.54) is 0 Å². The maximum Gasteiger partial charge on any atom is 0.259 e. The zero-order valence-electron chi connectivity index (χ0n) is 11.1. The number of ether oxygens (including phenoxy) is 1. The molecule has 19 heavy (non-hydrogen) atoms. The fraction of sp³-hybridized carbons (Fsp3) is 0.385. The summed E-state index contributed by atoms with van der Waals surface area (Å²) in [6.45, 7) is 4.14. The van der Waals surface area contributed by atoms with Crippen molar-refractivity contribution in [3.63, 3.8) is 0 Å². The Labute approximate surface area is 120 Å². The van der Waals surface area contributed by atoms with Gasteiger partial charge in [-0.1, -0.05) is 11.2 Å². The molecule has 0 aliphatic rings. The van der Waals surface area contributed by atoms with Crippen LogP contribution < -0.4 is 5.73 Å². The number of rotatable bonds is 4. The number of hydrogen-bond donors (Lipinski definition) is 1. The van der Waals surface area contributed by atoms with Crippen LogP contribution in [0.25, 0.3) is 11.5 Å². The average molecular weight is 326 g/mol. The molecule has 0 radical (unpaired) electrons. The summed E-state index contributed by atoms with van der Waals surface area (Å²) in [4.78, 5) is 4.35. The number of aromatic nitrogens is 2. The third kappa shape index (κ3) is 3.02. The molecule has 2 rings (SSSR count). The van der Waals surface area contributed by atoms with Gasteiger partial charge in [0.25, 0.3) is 5.89 Å². The molecule has 0 bridgehead atoms. The zero-order chi connectivity index (χ0) is 14.0. The molecule has 1 heterocycles. The fourth-order valence-corrected chi connectivity index (χ4v) is 2.39. The summed E-state index contributed by atoms with van der Waals surface area (Å²) in [5.41, 5.74) is 7.31.